The third kappa shape index (κ3) is 2.71. The van der Waals surface area contributed by atoms with Crippen LogP contribution in [0.2, 0.25) is 0 Å². The van der Waals surface area contributed by atoms with E-state index in [0.29, 0.717) is 5.69 Å². The van der Waals surface area contributed by atoms with E-state index in [1.807, 2.05) is 13.0 Å². The lowest BCUT2D eigenvalue weighted by Crippen LogP contribution is -2.07. The monoisotopic (exact) mass is 249 g/mol. The molecule has 18 heavy (non-hydrogen) atoms. The van der Waals surface area contributed by atoms with Gasteiger partial charge in [-0.15, -0.1) is 0 Å². The van der Waals surface area contributed by atoms with E-state index in [1.165, 1.54) is 6.07 Å². The van der Waals surface area contributed by atoms with Crippen LogP contribution >= 0.6 is 0 Å². The average molecular weight is 249 g/mol. The highest BCUT2D eigenvalue weighted by Gasteiger charge is 2.15. The lowest BCUT2D eigenvalue weighted by Gasteiger charge is -2.12. The van der Waals surface area contributed by atoms with Crippen LogP contribution in [0.15, 0.2) is 36.5 Å². The molecule has 0 saturated carbocycles. The Morgan fingerprint density at radius 1 is 1.28 bits per heavy atom. The van der Waals surface area contributed by atoms with Crippen LogP contribution in [0.3, 0.4) is 0 Å². The zero-order valence-corrected chi connectivity index (χ0v) is 9.90. The Balaban J connectivity index is 2.22. The minimum Gasteiger partial charge on any atom is -0.388 e. The van der Waals surface area contributed by atoms with Crippen LogP contribution in [-0.2, 0) is 6.42 Å². The van der Waals surface area contributed by atoms with Gasteiger partial charge in [0.1, 0.15) is 11.6 Å². The Morgan fingerprint density at radius 2 is 2.06 bits per heavy atom. The van der Waals surface area contributed by atoms with Gasteiger partial charge in [0, 0.05) is 29.9 Å². The summed E-state index contributed by atoms with van der Waals surface area (Å²) in [5.74, 6) is -1.39. The molecule has 0 saturated heterocycles. The summed E-state index contributed by atoms with van der Waals surface area (Å²) in [6, 6.07) is 6.82. The first-order valence-electron chi connectivity index (χ1n) is 5.61. The number of aliphatic hydroxyl groups is 1. The van der Waals surface area contributed by atoms with Gasteiger partial charge in [0.25, 0.3) is 0 Å². The Labute approximate surface area is 104 Å². The summed E-state index contributed by atoms with van der Waals surface area (Å²) in [5, 5.41) is 9.97. The minimum absolute atomic E-state index is 0.0847. The SMILES string of the molecule is Cc1cccnc1CC(O)c1ccc(F)cc1F. The van der Waals surface area contributed by atoms with Gasteiger partial charge in [-0.05, 0) is 24.6 Å². The number of benzene rings is 1. The van der Waals surface area contributed by atoms with Crippen LogP contribution in [0.5, 0.6) is 0 Å². The fourth-order valence-electron chi connectivity index (χ4n) is 1.80. The quantitative estimate of drug-likeness (QED) is 0.907. The van der Waals surface area contributed by atoms with Gasteiger partial charge in [-0.3, -0.25) is 4.98 Å². The maximum atomic E-state index is 13.5. The summed E-state index contributed by atoms with van der Waals surface area (Å²) < 4.78 is 26.3. The van der Waals surface area contributed by atoms with Gasteiger partial charge in [0.05, 0.1) is 6.10 Å². The van der Waals surface area contributed by atoms with Gasteiger partial charge >= 0.3 is 0 Å². The van der Waals surface area contributed by atoms with E-state index < -0.39 is 17.7 Å². The highest BCUT2D eigenvalue weighted by molar-refractivity contribution is 5.24. The first kappa shape index (κ1) is 12.6. The maximum absolute atomic E-state index is 13.5. The molecule has 0 fully saturated rings. The molecule has 0 amide bonds. The molecule has 2 rings (SSSR count). The van der Waals surface area contributed by atoms with Crippen molar-refractivity contribution in [2.24, 2.45) is 0 Å². The molecule has 1 atom stereocenters. The van der Waals surface area contributed by atoms with Crippen molar-refractivity contribution in [1.29, 1.82) is 0 Å². The van der Waals surface area contributed by atoms with Crippen LogP contribution in [0.4, 0.5) is 8.78 Å². The molecule has 4 heteroatoms. The molecule has 2 nitrogen and oxygen atoms in total. The smallest absolute Gasteiger partial charge is 0.131 e. The Hall–Kier alpha value is -1.81. The van der Waals surface area contributed by atoms with E-state index in [2.05, 4.69) is 4.98 Å². The Bertz CT molecular complexity index is 557. The van der Waals surface area contributed by atoms with Gasteiger partial charge in [-0.2, -0.15) is 0 Å². The fraction of sp³-hybridized carbons (Fsp3) is 0.214. The van der Waals surface area contributed by atoms with Crippen LogP contribution < -0.4 is 0 Å². The molecule has 0 aliphatic rings. The number of pyridine rings is 1. The third-order valence-corrected chi connectivity index (χ3v) is 2.83. The number of rotatable bonds is 3. The second kappa shape index (κ2) is 5.23. The summed E-state index contributed by atoms with van der Waals surface area (Å²) in [5.41, 5.74) is 1.72. The van der Waals surface area contributed by atoms with Crippen molar-refractivity contribution in [2.75, 3.05) is 0 Å². The van der Waals surface area contributed by atoms with E-state index in [1.54, 1.807) is 12.3 Å². The van der Waals surface area contributed by atoms with Gasteiger partial charge in [-0.25, -0.2) is 8.78 Å². The summed E-state index contributed by atoms with van der Waals surface area (Å²) in [4.78, 5) is 4.13. The van der Waals surface area contributed by atoms with Crippen molar-refractivity contribution in [3.63, 3.8) is 0 Å². The van der Waals surface area contributed by atoms with Crippen molar-refractivity contribution in [1.82, 2.24) is 4.98 Å². The Kier molecular flexibility index (Phi) is 3.67. The average Bonchev–Trinajstić information content (AvgIpc) is 2.32. The van der Waals surface area contributed by atoms with Crippen molar-refractivity contribution < 1.29 is 13.9 Å². The number of hydrogen-bond acceptors (Lipinski definition) is 2. The maximum Gasteiger partial charge on any atom is 0.131 e. The minimum atomic E-state index is -1.03. The topological polar surface area (TPSA) is 33.1 Å². The number of aliphatic hydroxyl groups excluding tert-OH is 1. The number of aromatic nitrogens is 1. The molecule has 1 N–H and O–H groups in total. The number of halogens is 2. The van der Waals surface area contributed by atoms with E-state index in [-0.39, 0.29) is 12.0 Å². The van der Waals surface area contributed by atoms with E-state index in [9.17, 15) is 13.9 Å². The molecule has 0 spiro atoms. The molecule has 1 unspecified atom stereocenters. The summed E-state index contributed by atoms with van der Waals surface area (Å²) >= 11 is 0. The van der Waals surface area contributed by atoms with Gasteiger partial charge < -0.3 is 5.11 Å². The molecule has 1 heterocycles. The first-order chi connectivity index (χ1) is 8.58. The van der Waals surface area contributed by atoms with E-state index >= 15 is 0 Å². The predicted octanol–water partition coefficient (Wildman–Crippen LogP) is 2.94. The lowest BCUT2D eigenvalue weighted by molar-refractivity contribution is 0.172. The first-order valence-corrected chi connectivity index (χ1v) is 5.61. The van der Waals surface area contributed by atoms with Gasteiger partial charge in [0.15, 0.2) is 0 Å². The zero-order chi connectivity index (χ0) is 13.1. The van der Waals surface area contributed by atoms with Gasteiger partial charge in [0.2, 0.25) is 0 Å². The molecular weight excluding hydrogens is 236 g/mol. The predicted molar refractivity (Wildman–Crippen MR) is 64.0 cm³/mol. The molecule has 1 aromatic carbocycles. The van der Waals surface area contributed by atoms with Crippen molar-refractivity contribution in [3.05, 3.63) is 65.0 Å². The van der Waals surface area contributed by atoms with Crippen molar-refractivity contribution in [2.45, 2.75) is 19.4 Å². The summed E-state index contributed by atoms with van der Waals surface area (Å²) in [6.45, 7) is 1.87. The largest absolute Gasteiger partial charge is 0.388 e. The molecule has 1 aromatic heterocycles. The second-order valence-electron chi connectivity index (χ2n) is 4.15. The van der Waals surface area contributed by atoms with E-state index in [0.717, 1.165) is 17.7 Å². The second-order valence-corrected chi connectivity index (χ2v) is 4.15. The molecule has 0 aliphatic carbocycles. The molecule has 94 valence electrons. The van der Waals surface area contributed by atoms with E-state index in [4.69, 9.17) is 0 Å². The zero-order valence-electron chi connectivity index (χ0n) is 9.90. The molecule has 0 bridgehead atoms. The van der Waals surface area contributed by atoms with Crippen LogP contribution in [0.25, 0.3) is 0 Å². The van der Waals surface area contributed by atoms with Gasteiger partial charge in [-0.1, -0.05) is 12.1 Å². The number of aryl methyl sites for hydroxylation is 1. The molecule has 2 aromatic rings. The molecule has 0 aliphatic heterocycles. The number of hydrogen-bond donors (Lipinski definition) is 1. The summed E-state index contributed by atoms with van der Waals surface area (Å²) in [6.07, 6.45) is 0.796. The van der Waals surface area contributed by atoms with Crippen molar-refractivity contribution >= 4 is 0 Å². The lowest BCUT2D eigenvalue weighted by atomic mass is 10.0. The van der Waals surface area contributed by atoms with Crippen molar-refractivity contribution in [3.8, 4) is 0 Å². The summed E-state index contributed by atoms with van der Waals surface area (Å²) in [7, 11) is 0. The highest BCUT2D eigenvalue weighted by atomic mass is 19.1. The number of nitrogens with zero attached hydrogens (tertiary/aromatic N) is 1. The Morgan fingerprint density at radius 3 is 2.72 bits per heavy atom. The normalized spacial score (nSPS) is 12.4. The highest BCUT2D eigenvalue weighted by Crippen LogP contribution is 2.22. The third-order valence-electron chi connectivity index (χ3n) is 2.83. The fourth-order valence-corrected chi connectivity index (χ4v) is 1.80. The van der Waals surface area contributed by atoms with Crippen LogP contribution in [0.1, 0.15) is 22.9 Å². The standard InChI is InChI=1S/C14H13F2NO/c1-9-3-2-6-17-13(9)8-14(18)11-5-4-10(15)7-12(11)16/h2-7,14,18H,8H2,1H3. The van der Waals surface area contributed by atoms with Crippen LogP contribution in [-0.4, -0.2) is 10.1 Å². The van der Waals surface area contributed by atoms with Crippen LogP contribution in [0, 0.1) is 18.6 Å². The molecule has 0 radical (unpaired) electrons. The molecular formula is C14H13F2NO.